The second-order valence-corrected chi connectivity index (χ2v) is 6.74. The van der Waals surface area contributed by atoms with Gasteiger partial charge in [-0.1, -0.05) is 30.3 Å². The first-order chi connectivity index (χ1) is 11.7. The zero-order valence-corrected chi connectivity index (χ0v) is 14.5. The Kier molecular flexibility index (Phi) is 6.24. The van der Waals surface area contributed by atoms with E-state index >= 15 is 0 Å². The van der Waals surface area contributed by atoms with Crippen LogP contribution in [0, 0.1) is 0 Å². The molecule has 5 heteroatoms. The molecule has 1 unspecified atom stereocenters. The molecule has 0 N–H and O–H groups in total. The van der Waals surface area contributed by atoms with Crippen LogP contribution in [0.3, 0.4) is 0 Å². The number of carbonyl (C=O) groups is 1. The van der Waals surface area contributed by atoms with E-state index in [0.717, 1.165) is 38.9 Å². The van der Waals surface area contributed by atoms with Gasteiger partial charge in [-0.25, -0.2) is 0 Å². The number of amides is 1. The lowest BCUT2D eigenvalue weighted by atomic mass is 10.0. The van der Waals surface area contributed by atoms with Crippen LogP contribution in [0.5, 0.6) is 0 Å². The normalized spacial score (nSPS) is 23.1. The van der Waals surface area contributed by atoms with Crippen molar-refractivity contribution in [1.82, 2.24) is 9.80 Å². The molecule has 3 rings (SSSR count). The topological polar surface area (TPSA) is 42.0 Å². The Hall–Kier alpha value is -1.43. The molecule has 5 nitrogen and oxygen atoms in total. The third-order valence-corrected chi connectivity index (χ3v) is 4.99. The lowest BCUT2D eigenvalue weighted by Gasteiger charge is -2.39. The molecular weight excluding hydrogens is 304 g/mol. The predicted octanol–water partition coefficient (Wildman–Crippen LogP) is 1.57. The van der Waals surface area contributed by atoms with Crippen molar-refractivity contribution in [3.8, 4) is 0 Å². The Morgan fingerprint density at radius 1 is 1.21 bits per heavy atom. The Morgan fingerprint density at radius 3 is 2.62 bits per heavy atom. The number of carbonyl (C=O) groups excluding carboxylic acids is 1. The SMILES string of the molecule is CN1CCC(N(CCc2ccccc2)C(=O)C2COCCO2)CC1. The number of hydrogen-bond donors (Lipinski definition) is 0. The van der Waals surface area contributed by atoms with Gasteiger partial charge in [-0.3, -0.25) is 4.79 Å². The fraction of sp³-hybridized carbons (Fsp3) is 0.632. The highest BCUT2D eigenvalue weighted by molar-refractivity contribution is 5.81. The molecule has 2 fully saturated rings. The summed E-state index contributed by atoms with van der Waals surface area (Å²) in [5.74, 6) is 0.0974. The van der Waals surface area contributed by atoms with Crippen LogP contribution in [-0.2, 0) is 20.7 Å². The summed E-state index contributed by atoms with van der Waals surface area (Å²) >= 11 is 0. The van der Waals surface area contributed by atoms with Crippen LogP contribution in [0.1, 0.15) is 18.4 Å². The van der Waals surface area contributed by atoms with Crippen molar-refractivity contribution in [3.05, 3.63) is 35.9 Å². The Bertz CT molecular complexity index is 509. The molecule has 132 valence electrons. The summed E-state index contributed by atoms with van der Waals surface area (Å²) in [5, 5.41) is 0. The minimum atomic E-state index is -0.436. The molecule has 1 atom stereocenters. The van der Waals surface area contributed by atoms with Gasteiger partial charge in [-0.2, -0.15) is 0 Å². The first-order valence-electron chi connectivity index (χ1n) is 8.96. The van der Waals surface area contributed by atoms with Crippen LogP contribution in [0.25, 0.3) is 0 Å². The smallest absolute Gasteiger partial charge is 0.254 e. The van der Waals surface area contributed by atoms with E-state index in [1.807, 2.05) is 6.07 Å². The summed E-state index contributed by atoms with van der Waals surface area (Å²) in [5.41, 5.74) is 1.27. The second kappa shape index (κ2) is 8.60. The summed E-state index contributed by atoms with van der Waals surface area (Å²) in [6.45, 7) is 4.31. The maximum absolute atomic E-state index is 13.0. The number of ether oxygens (including phenoxy) is 2. The number of hydrogen-bond acceptors (Lipinski definition) is 4. The minimum absolute atomic E-state index is 0.0974. The lowest BCUT2D eigenvalue weighted by molar-refractivity contribution is -0.161. The molecule has 0 spiro atoms. The van der Waals surface area contributed by atoms with E-state index in [0.29, 0.717) is 25.9 Å². The van der Waals surface area contributed by atoms with Crippen LogP contribution >= 0.6 is 0 Å². The van der Waals surface area contributed by atoms with Crippen LogP contribution in [0.2, 0.25) is 0 Å². The Morgan fingerprint density at radius 2 is 1.96 bits per heavy atom. The van der Waals surface area contributed by atoms with Crippen molar-refractivity contribution >= 4 is 5.91 Å². The van der Waals surface area contributed by atoms with E-state index in [1.54, 1.807) is 0 Å². The van der Waals surface area contributed by atoms with Crippen molar-refractivity contribution in [3.63, 3.8) is 0 Å². The summed E-state index contributed by atoms with van der Waals surface area (Å²) in [6, 6.07) is 10.7. The summed E-state index contributed by atoms with van der Waals surface area (Å²) < 4.78 is 11.1. The molecule has 1 aromatic carbocycles. The maximum Gasteiger partial charge on any atom is 0.254 e. The van der Waals surface area contributed by atoms with E-state index in [-0.39, 0.29) is 5.91 Å². The lowest BCUT2D eigenvalue weighted by Crippen LogP contribution is -2.52. The highest BCUT2D eigenvalue weighted by atomic mass is 16.6. The number of nitrogens with zero attached hydrogens (tertiary/aromatic N) is 2. The zero-order valence-electron chi connectivity index (χ0n) is 14.5. The molecule has 0 radical (unpaired) electrons. The van der Waals surface area contributed by atoms with Gasteiger partial charge in [0.05, 0.1) is 19.8 Å². The van der Waals surface area contributed by atoms with Crippen molar-refractivity contribution in [2.75, 3.05) is 46.5 Å². The highest BCUT2D eigenvalue weighted by Gasteiger charge is 2.33. The van der Waals surface area contributed by atoms with Crippen LogP contribution in [0.15, 0.2) is 30.3 Å². The third kappa shape index (κ3) is 4.56. The van der Waals surface area contributed by atoms with Gasteiger partial charge >= 0.3 is 0 Å². The molecule has 2 saturated heterocycles. The van der Waals surface area contributed by atoms with Crippen LogP contribution in [0.4, 0.5) is 0 Å². The molecule has 1 aromatic rings. The molecule has 24 heavy (non-hydrogen) atoms. The predicted molar refractivity (Wildman–Crippen MR) is 92.9 cm³/mol. The Labute approximate surface area is 144 Å². The van der Waals surface area contributed by atoms with E-state index in [2.05, 4.69) is 41.1 Å². The summed E-state index contributed by atoms with van der Waals surface area (Å²) in [4.78, 5) is 17.4. The first-order valence-corrected chi connectivity index (χ1v) is 8.96. The van der Waals surface area contributed by atoms with Crippen molar-refractivity contribution in [2.24, 2.45) is 0 Å². The average Bonchev–Trinajstić information content (AvgIpc) is 2.65. The van der Waals surface area contributed by atoms with Crippen molar-refractivity contribution in [1.29, 1.82) is 0 Å². The first kappa shape index (κ1) is 17.4. The molecule has 0 aliphatic carbocycles. The summed E-state index contributed by atoms with van der Waals surface area (Å²) in [7, 11) is 2.14. The van der Waals surface area contributed by atoms with E-state index in [4.69, 9.17) is 9.47 Å². The molecule has 0 aromatic heterocycles. The molecule has 2 aliphatic rings. The van der Waals surface area contributed by atoms with E-state index < -0.39 is 6.10 Å². The number of benzene rings is 1. The Balaban J connectivity index is 1.66. The quantitative estimate of drug-likeness (QED) is 0.821. The van der Waals surface area contributed by atoms with Gasteiger partial charge in [0.1, 0.15) is 0 Å². The van der Waals surface area contributed by atoms with Crippen molar-refractivity contribution < 1.29 is 14.3 Å². The van der Waals surface area contributed by atoms with Crippen LogP contribution < -0.4 is 0 Å². The number of rotatable bonds is 5. The van der Waals surface area contributed by atoms with E-state index in [1.165, 1.54) is 5.56 Å². The number of piperidine rings is 1. The molecule has 2 aliphatic heterocycles. The molecule has 1 amide bonds. The van der Waals surface area contributed by atoms with Crippen molar-refractivity contribution in [2.45, 2.75) is 31.4 Å². The molecule has 0 saturated carbocycles. The molecule has 2 heterocycles. The van der Waals surface area contributed by atoms with Crippen LogP contribution in [-0.4, -0.2) is 74.4 Å². The second-order valence-electron chi connectivity index (χ2n) is 6.74. The average molecular weight is 332 g/mol. The fourth-order valence-electron chi connectivity index (χ4n) is 3.49. The summed E-state index contributed by atoms with van der Waals surface area (Å²) in [6.07, 6.45) is 2.51. The van der Waals surface area contributed by atoms with Gasteiger partial charge in [0.25, 0.3) is 5.91 Å². The number of likely N-dealkylation sites (tertiary alicyclic amines) is 1. The standard InChI is InChI=1S/C19H28N2O3/c1-20-10-8-17(9-11-20)21(12-7-16-5-3-2-4-6-16)19(22)18-15-23-13-14-24-18/h2-6,17-18H,7-15H2,1H3. The zero-order chi connectivity index (χ0) is 16.8. The van der Waals surface area contributed by atoms with Gasteiger partial charge in [0, 0.05) is 12.6 Å². The largest absolute Gasteiger partial charge is 0.376 e. The van der Waals surface area contributed by atoms with Gasteiger partial charge < -0.3 is 19.3 Å². The highest BCUT2D eigenvalue weighted by Crippen LogP contribution is 2.19. The maximum atomic E-state index is 13.0. The monoisotopic (exact) mass is 332 g/mol. The third-order valence-electron chi connectivity index (χ3n) is 4.99. The van der Waals surface area contributed by atoms with Gasteiger partial charge in [0.15, 0.2) is 6.10 Å². The molecule has 0 bridgehead atoms. The molecular formula is C19H28N2O3. The fourth-order valence-corrected chi connectivity index (χ4v) is 3.49. The van der Waals surface area contributed by atoms with Gasteiger partial charge in [-0.15, -0.1) is 0 Å². The van der Waals surface area contributed by atoms with E-state index in [9.17, 15) is 4.79 Å². The van der Waals surface area contributed by atoms with Gasteiger partial charge in [-0.05, 0) is 45.0 Å². The van der Waals surface area contributed by atoms with Gasteiger partial charge in [0.2, 0.25) is 0 Å². The minimum Gasteiger partial charge on any atom is -0.376 e.